The van der Waals surface area contributed by atoms with Crippen molar-refractivity contribution in [2.45, 2.75) is 19.9 Å². The number of benzene rings is 2. The molecule has 3 aromatic rings. The van der Waals surface area contributed by atoms with Crippen LogP contribution in [0.15, 0.2) is 58.9 Å². The fraction of sp³-hybridized carbons (Fsp3) is 0.318. The standard InChI is InChI=1S/C22H24FN3OS/c1-2-11-26-21(16-28-22(26)24-19-7-5-18(23)6-8-19)17-3-9-20(10-4-17)25-12-14-27-15-13-25/h3-10,16H,2,11-15H2,1H3/b24-22+. The molecule has 4 rings (SSSR count). The molecule has 1 saturated heterocycles. The molecule has 1 fully saturated rings. The van der Waals surface area contributed by atoms with E-state index >= 15 is 0 Å². The third-order valence-electron chi connectivity index (χ3n) is 4.84. The molecule has 146 valence electrons. The third-order valence-corrected chi connectivity index (χ3v) is 5.70. The SMILES string of the molecule is CCCn1c(-c2ccc(N3CCOCC3)cc2)cs/c1=N/c1ccc(F)cc1. The number of ether oxygens (including phenoxy) is 1. The van der Waals surface area contributed by atoms with E-state index in [0.29, 0.717) is 0 Å². The van der Waals surface area contributed by atoms with E-state index in [1.54, 1.807) is 23.5 Å². The molecule has 0 bridgehead atoms. The van der Waals surface area contributed by atoms with E-state index in [9.17, 15) is 4.39 Å². The molecular weight excluding hydrogens is 373 g/mol. The van der Waals surface area contributed by atoms with Gasteiger partial charge in [-0.3, -0.25) is 0 Å². The van der Waals surface area contributed by atoms with E-state index in [0.717, 1.165) is 49.8 Å². The number of aromatic nitrogens is 1. The van der Waals surface area contributed by atoms with E-state index in [-0.39, 0.29) is 5.82 Å². The first kappa shape index (κ1) is 18.9. The van der Waals surface area contributed by atoms with Gasteiger partial charge in [-0.25, -0.2) is 9.38 Å². The molecule has 0 spiro atoms. The molecular formula is C22H24FN3OS. The van der Waals surface area contributed by atoms with E-state index in [4.69, 9.17) is 9.73 Å². The fourth-order valence-corrected chi connectivity index (χ4v) is 4.34. The summed E-state index contributed by atoms with van der Waals surface area (Å²) in [5, 5.41) is 2.15. The smallest absolute Gasteiger partial charge is 0.190 e. The van der Waals surface area contributed by atoms with E-state index < -0.39 is 0 Å². The zero-order valence-electron chi connectivity index (χ0n) is 16.0. The van der Waals surface area contributed by atoms with Crippen LogP contribution in [0.5, 0.6) is 0 Å². The van der Waals surface area contributed by atoms with E-state index in [1.165, 1.54) is 29.1 Å². The quantitative estimate of drug-likeness (QED) is 0.617. The summed E-state index contributed by atoms with van der Waals surface area (Å²) in [6, 6.07) is 15.0. The molecule has 1 aliphatic heterocycles. The monoisotopic (exact) mass is 397 g/mol. The van der Waals surface area contributed by atoms with Gasteiger partial charge < -0.3 is 14.2 Å². The van der Waals surface area contributed by atoms with Crippen molar-refractivity contribution in [1.29, 1.82) is 0 Å². The maximum Gasteiger partial charge on any atom is 0.190 e. The Labute approximate surface area is 168 Å². The van der Waals surface area contributed by atoms with Crippen molar-refractivity contribution in [3.63, 3.8) is 0 Å². The lowest BCUT2D eigenvalue weighted by molar-refractivity contribution is 0.122. The third kappa shape index (κ3) is 4.18. The molecule has 0 radical (unpaired) electrons. The Balaban J connectivity index is 1.65. The van der Waals surface area contributed by atoms with Crippen LogP contribution in [0.3, 0.4) is 0 Å². The average molecular weight is 398 g/mol. The van der Waals surface area contributed by atoms with Gasteiger partial charge in [-0.1, -0.05) is 19.1 Å². The molecule has 0 amide bonds. The highest BCUT2D eigenvalue weighted by Crippen LogP contribution is 2.25. The fourth-order valence-electron chi connectivity index (χ4n) is 3.38. The normalized spacial score (nSPS) is 15.2. The zero-order valence-corrected chi connectivity index (χ0v) is 16.8. The molecule has 1 aromatic heterocycles. The second-order valence-electron chi connectivity index (χ2n) is 6.79. The van der Waals surface area contributed by atoms with Gasteiger partial charge in [0.2, 0.25) is 0 Å². The van der Waals surface area contributed by atoms with Gasteiger partial charge in [0.1, 0.15) is 5.82 Å². The van der Waals surface area contributed by atoms with Gasteiger partial charge in [0.05, 0.1) is 24.6 Å². The number of thiazole rings is 1. The maximum atomic E-state index is 13.2. The predicted molar refractivity (Wildman–Crippen MR) is 113 cm³/mol. The Bertz CT molecular complexity index is 970. The second-order valence-corrected chi connectivity index (χ2v) is 7.63. The molecule has 0 saturated carbocycles. The Hall–Kier alpha value is -2.44. The van der Waals surface area contributed by atoms with Gasteiger partial charge in [-0.2, -0.15) is 0 Å². The average Bonchev–Trinajstić information content (AvgIpc) is 3.13. The number of nitrogens with zero attached hydrogens (tertiary/aromatic N) is 3. The first-order valence-electron chi connectivity index (χ1n) is 9.66. The van der Waals surface area contributed by atoms with Crippen molar-refractivity contribution >= 4 is 22.7 Å². The highest BCUT2D eigenvalue weighted by molar-refractivity contribution is 7.07. The number of morpholine rings is 1. The van der Waals surface area contributed by atoms with Crippen LogP contribution >= 0.6 is 11.3 Å². The minimum atomic E-state index is -0.243. The minimum Gasteiger partial charge on any atom is -0.378 e. The number of rotatable bonds is 5. The zero-order chi connectivity index (χ0) is 19.3. The predicted octanol–water partition coefficient (Wildman–Crippen LogP) is 4.83. The van der Waals surface area contributed by atoms with Crippen LogP contribution in [0.1, 0.15) is 13.3 Å². The summed E-state index contributed by atoms with van der Waals surface area (Å²) in [5.41, 5.74) is 4.35. The Morgan fingerprint density at radius 2 is 1.75 bits per heavy atom. The summed E-state index contributed by atoms with van der Waals surface area (Å²) in [5.74, 6) is -0.243. The molecule has 2 aromatic carbocycles. The van der Waals surface area contributed by atoms with Crippen LogP contribution in [-0.4, -0.2) is 30.9 Å². The molecule has 0 atom stereocenters. The molecule has 28 heavy (non-hydrogen) atoms. The lowest BCUT2D eigenvalue weighted by Crippen LogP contribution is -2.36. The lowest BCUT2D eigenvalue weighted by Gasteiger charge is -2.28. The summed E-state index contributed by atoms with van der Waals surface area (Å²) in [7, 11) is 0. The first-order valence-corrected chi connectivity index (χ1v) is 10.5. The highest BCUT2D eigenvalue weighted by Gasteiger charge is 2.12. The summed E-state index contributed by atoms with van der Waals surface area (Å²) in [6.45, 7) is 6.51. The minimum absolute atomic E-state index is 0.243. The van der Waals surface area contributed by atoms with E-state index in [1.807, 2.05) is 0 Å². The van der Waals surface area contributed by atoms with Crippen molar-refractivity contribution in [2.24, 2.45) is 4.99 Å². The Morgan fingerprint density at radius 1 is 1.04 bits per heavy atom. The first-order chi connectivity index (χ1) is 13.7. The number of hydrogen-bond donors (Lipinski definition) is 0. The summed E-state index contributed by atoms with van der Waals surface area (Å²) in [4.78, 5) is 8.02. The number of halogens is 1. The molecule has 0 N–H and O–H groups in total. The highest BCUT2D eigenvalue weighted by atomic mass is 32.1. The van der Waals surface area contributed by atoms with Gasteiger partial charge in [0.15, 0.2) is 4.80 Å². The molecule has 1 aliphatic rings. The van der Waals surface area contributed by atoms with Gasteiger partial charge in [0, 0.05) is 30.7 Å². The van der Waals surface area contributed by atoms with Crippen LogP contribution in [0.2, 0.25) is 0 Å². The van der Waals surface area contributed by atoms with Crippen molar-refractivity contribution in [2.75, 3.05) is 31.2 Å². The van der Waals surface area contributed by atoms with Crippen molar-refractivity contribution in [3.05, 3.63) is 64.5 Å². The number of hydrogen-bond acceptors (Lipinski definition) is 4. The van der Waals surface area contributed by atoms with Gasteiger partial charge in [-0.05, 0) is 48.4 Å². The Morgan fingerprint density at radius 3 is 2.43 bits per heavy atom. The van der Waals surface area contributed by atoms with Gasteiger partial charge in [-0.15, -0.1) is 11.3 Å². The molecule has 4 nitrogen and oxygen atoms in total. The molecule has 0 unspecified atom stereocenters. The van der Waals surface area contributed by atoms with Crippen LogP contribution < -0.4 is 9.70 Å². The lowest BCUT2D eigenvalue weighted by atomic mass is 10.1. The summed E-state index contributed by atoms with van der Waals surface area (Å²) in [6.07, 6.45) is 1.02. The number of anilines is 1. The van der Waals surface area contributed by atoms with Crippen LogP contribution in [0.4, 0.5) is 15.8 Å². The summed E-state index contributed by atoms with van der Waals surface area (Å²) >= 11 is 1.62. The Kier molecular flexibility index (Phi) is 5.88. The maximum absolute atomic E-state index is 13.2. The summed E-state index contributed by atoms with van der Waals surface area (Å²) < 4.78 is 20.9. The van der Waals surface area contributed by atoms with Crippen LogP contribution in [0.25, 0.3) is 11.3 Å². The van der Waals surface area contributed by atoms with Crippen LogP contribution in [-0.2, 0) is 11.3 Å². The second kappa shape index (κ2) is 8.71. The van der Waals surface area contributed by atoms with Crippen molar-refractivity contribution < 1.29 is 9.13 Å². The van der Waals surface area contributed by atoms with Crippen molar-refractivity contribution in [1.82, 2.24) is 4.57 Å². The topological polar surface area (TPSA) is 29.8 Å². The molecule has 6 heteroatoms. The molecule has 2 heterocycles. The van der Waals surface area contributed by atoms with Crippen molar-refractivity contribution in [3.8, 4) is 11.3 Å². The van der Waals surface area contributed by atoms with Gasteiger partial charge >= 0.3 is 0 Å². The largest absolute Gasteiger partial charge is 0.378 e. The molecule has 0 aliphatic carbocycles. The van der Waals surface area contributed by atoms with Crippen LogP contribution in [0, 0.1) is 5.82 Å². The van der Waals surface area contributed by atoms with Gasteiger partial charge in [0.25, 0.3) is 0 Å². The van der Waals surface area contributed by atoms with E-state index in [2.05, 4.69) is 46.0 Å².